The monoisotopic (exact) mass is 718 g/mol. The van der Waals surface area contributed by atoms with Crippen LogP contribution in [0.1, 0.15) is 90.4 Å². The molecule has 51 heavy (non-hydrogen) atoms. The van der Waals surface area contributed by atoms with Gasteiger partial charge in [-0.25, -0.2) is 9.52 Å². The maximum Gasteiger partial charge on any atom is 0.320 e. The summed E-state index contributed by atoms with van der Waals surface area (Å²) in [5.41, 5.74) is 4.89. The van der Waals surface area contributed by atoms with Crippen LogP contribution in [0.25, 0.3) is 6.08 Å². The predicted molar refractivity (Wildman–Crippen MR) is 196 cm³/mol. The fraction of sp³-hybridized carbons (Fsp3) is 0.553. The molecule has 2 unspecified atom stereocenters. The average Bonchev–Trinajstić information content (AvgIpc) is 3.36. The molecule has 0 bridgehead atoms. The van der Waals surface area contributed by atoms with E-state index in [1.807, 2.05) is 39.0 Å². The molecule has 2 atom stereocenters. The summed E-state index contributed by atoms with van der Waals surface area (Å²) in [6.07, 6.45) is 11.0. The Kier molecular flexibility index (Phi) is 10.0. The molecule has 0 radical (unpaired) electrons. The van der Waals surface area contributed by atoms with Crippen molar-refractivity contribution in [2.24, 2.45) is 5.92 Å². The Hall–Kier alpha value is -4.10. The SMILES string of the molecule is COc1ccc2c(c1)C=C(C(=O)N1CCN(C(=O)N3CCCCC3)CC1)CN1c3cc(C(=O)NS(=O)(=O)N(C)C)ccc3C(C3CCCCC3)C21. The van der Waals surface area contributed by atoms with Crippen LogP contribution in [0.2, 0.25) is 0 Å². The molecule has 5 aliphatic rings. The highest BCUT2D eigenvalue weighted by molar-refractivity contribution is 7.87. The van der Waals surface area contributed by atoms with Crippen molar-refractivity contribution < 1.29 is 27.5 Å². The lowest BCUT2D eigenvalue weighted by Crippen LogP contribution is -2.55. The second-order valence-corrected chi connectivity index (χ2v) is 16.6. The number of nitrogens with zero attached hydrogens (tertiary/aromatic N) is 5. The van der Waals surface area contributed by atoms with E-state index in [0.29, 0.717) is 50.0 Å². The molecule has 1 saturated carbocycles. The number of fused-ring (bicyclic) bond motifs is 5. The number of hydrogen-bond donors (Lipinski definition) is 1. The van der Waals surface area contributed by atoms with E-state index in [1.165, 1.54) is 20.5 Å². The minimum Gasteiger partial charge on any atom is -0.497 e. The van der Waals surface area contributed by atoms with Crippen LogP contribution >= 0.6 is 0 Å². The van der Waals surface area contributed by atoms with E-state index in [-0.39, 0.29) is 29.5 Å². The molecule has 7 rings (SSSR count). The molecule has 4 amide bonds. The number of carbonyl (C=O) groups is 3. The lowest BCUT2D eigenvalue weighted by molar-refractivity contribution is -0.128. The summed E-state index contributed by atoms with van der Waals surface area (Å²) in [5.74, 6) is 0.484. The van der Waals surface area contributed by atoms with E-state index in [2.05, 4.69) is 15.7 Å². The van der Waals surface area contributed by atoms with Gasteiger partial charge in [0.25, 0.3) is 11.8 Å². The number of carbonyl (C=O) groups excluding carboxylic acids is 3. The van der Waals surface area contributed by atoms with Gasteiger partial charge in [0.15, 0.2) is 0 Å². The number of anilines is 1. The molecular formula is C38H50N6O6S. The maximum absolute atomic E-state index is 14.5. The molecule has 1 N–H and O–H groups in total. The van der Waals surface area contributed by atoms with Crippen LogP contribution in [0.15, 0.2) is 42.0 Å². The number of piperidine rings is 1. The fourth-order valence-corrected chi connectivity index (χ4v) is 9.29. The molecular weight excluding hydrogens is 669 g/mol. The van der Waals surface area contributed by atoms with Gasteiger partial charge >= 0.3 is 16.2 Å². The van der Waals surface area contributed by atoms with Gasteiger partial charge in [-0.1, -0.05) is 31.4 Å². The van der Waals surface area contributed by atoms with E-state index < -0.39 is 16.1 Å². The number of nitrogens with one attached hydrogen (secondary N) is 1. The smallest absolute Gasteiger partial charge is 0.320 e. The summed E-state index contributed by atoms with van der Waals surface area (Å²) in [7, 11) is 0.401. The molecule has 2 aromatic carbocycles. The first-order valence-electron chi connectivity index (χ1n) is 18.4. The molecule has 1 aliphatic carbocycles. The second-order valence-electron chi connectivity index (χ2n) is 14.8. The van der Waals surface area contributed by atoms with E-state index in [0.717, 1.165) is 84.7 Å². The highest BCUT2D eigenvalue weighted by Gasteiger charge is 2.46. The number of benzene rings is 2. The zero-order valence-corrected chi connectivity index (χ0v) is 30.8. The van der Waals surface area contributed by atoms with E-state index in [4.69, 9.17) is 4.74 Å². The average molecular weight is 719 g/mol. The molecule has 12 nitrogen and oxygen atoms in total. The van der Waals surface area contributed by atoms with Crippen molar-refractivity contribution in [3.8, 4) is 5.75 Å². The van der Waals surface area contributed by atoms with Gasteiger partial charge in [0, 0.05) is 82.7 Å². The van der Waals surface area contributed by atoms with Crippen LogP contribution in [-0.2, 0) is 15.0 Å². The van der Waals surface area contributed by atoms with Crippen LogP contribution in [0.3, 0.4) is 0 Å². The number of hydrogen-bond acceptors (Lipinski definition) is 7. The molecule has 4 heterocycles. The highest BCUT2D eigenvalue weighted by Crippen LogP contribution is 2.57. The standard InChI is InChI=1S/C38H50N6O6S/c1-40(2)51(48,49)39-36(45)27-12-14-32-33(24-27)44-25-29(37(46)41-18-20-43(21-19-41)38(47)42-16-8-5-9-17-42)22-28-23-30(50-3)13-15-31(28)35(44)34(32)26-10-6-4-7-11-26/h12-15,22-24,26,34-35H,4-11,16-21,25H2,1-3H3,(H,39,45). The van der Waals surface area contributed by atoms with Gasteiger partial charge in [-0.15, -0.1) is 0 Å². The largest absolute Gasteiger partial charge is 0.497 e. The zero-order chi connectivity index (χ0) is 35.9. The number of amides is 4. The van der Waals surface area contributed by atoms with Gasteiger partial charge in [-0.05, 0) is 85.1 Å². The Bertz CT molecular complexity index is 1810. The summed E-state index contributed by atoms with van der Waals surface area (Å²) in [5, 5.41) is 0. The normalized spacial score (nSPS) is 22.5. The van der Waals surface area contributed by atoms with E-state index in [9.17, 15) is 22.8 Å². The van der Waals surface area contributed by atoms with Crippen molar-refractivity contribution >= 4 is 39.8 Å². The predicted octanol–water partition coefficient (Wildman–Crippen LogP) is 4.60. The first kappa shape index (κ1) is 35.3. The summed E-state index contributed by atoms with van der Waals surface area (Å²) in [6.45, 7) is 3.81. The topological polar surface area (TPSA) is 123 Å². The van der Waals surface area contributed by atoms with Gasteiger partial charge in [-0.3, -0.25) is 9.59 Å². The van der Waals surface area contributed by atoms with Crippen molar-refractivity contribution in [1.82, 2.24) is 23.7 Å². The lowest BCUT2D eigenvalue weighted by Gasteiger charge is -2.39. The number of urea groups is 1. The number of piperazine rings is 1. The highest BCUT2D eigenvalue weighted by atomic mass is 32.2. The first-order chi connectivity index (χ1) is 24.6. The molecule has 3 fully saturated rings. The zero-order valence-electron chi connectivity index (χ0n) is 30.0. The quantitative estimate of drug-likeness (QED) is 0.463. The molecule has 0 aromatic heterocycles. The van der Waals surface area contributed by atoms with Crippen LogP contribution in [0.4, 0.5) is 10.5 Å². The Morgan fingerprint density at radius 1 is 0.804 bits per heavy atom. The van der Waals surface area contributed by atoms with E-state index in [1.54, 1.807) is 19.2 Å². The molecule has 4 aliphatic heterocycles. The molecule has 274 valence electrons. The Balaban J connectivity index is 1.23. The second kappa shape index (κ2) is 14.5. The number of methoxy groups -OCH3 is 1. The third-order valence-corrected chi connectivity index (χ3v) is 12.9. The molecule has 2 saturated heterocycles. The van der Waals surface area contributed by atoms with Gasteiger partial charge in [-0.2, -0.15) is 12.7 Å². The molecule has 13 heteroatoms. The van der Waals surface area contributed by atoms with Crippen LogP contribution in [0.5, 0.6) is 5.75 Å². The van der Waals surface area contributed by atoms with E-state index >= 15 is 0 Å². The summed E-state index contributed by atoms with van der Waals surface area (Å²) in [4.78, 5) is 49.0. The lowest BCUT2D eigenvalue weighted by atomic mass is 9.73. The maximum atomic E-state index is 14.5. The van der Waals surface area contributed by atoms with Crippen LogP contribution < -0.4 is 14.4 Å². The fourth-order valence-electron chi connectivity index (χ4n) is 8.76. The Morgan fingerprint density at radius 3 is 2.14 bits per heavy atom. The summed E-state index contributed by atoms with van der Waals surface area (Å²) < 4.78 is 34.0. The minimum atomic E-state index is -3.99. The number of ether oxygens (including phenoxy) is 1. The van der Waals surface area contributed by atoms with Crippen LogP contribution in [-0.4, -0.2) is 112 Å². The molecule has 0 spiro atoms. The van der Waals surface area contributed by atoms with Gasteiger partial charge in [0.1, 0.15) is 5.75 Å². The number of rotatable bonds is 6. The minimum absolute atomic E-state index is 0.0665. The van der Waals surface area contributed by atoms with Crippen molar-refractivity contribution in [2.75, 3.05) is 71.9 Å². The third-order valence-electron chi connectivity index (χ3n) is 11.5. The van der Waals surface area contributed by atoms with Gasteiger partial charge < -0.3 is 24.3 Å². The third kappa shape index (κ3) is 6.94. The molecule has 2 aromatic rings. The van der Waals surface area contributed by atoms with Crippen LogP contribution in [0, 0.1) is 5.92 Å². The summed E-state index contributed by atoms with van der Waals surface area (Å²) >= 11 is 0. The van der Waals surface area contributed by atoms with Crippen molar-refractivity contribution in [2.45, 2.75) is 63.3 Å². The van der Waals surface area contributed by atoms with Crippen molar-refractivity contribution in [1.29, 1.82) is 0 Å². The number of likely N-dealkylation sites (tertiary alicyclic amines) is 1. The Morgan fingerprint density at radius 2 is 1.45 bits per heavy atom. The first-order valence-corrected chi connectivity index (χ1v) is 19.9. The van der Waals surface area contributed by atoms with Crippen molar-refractivity contribution in [3.63, 3.8) is 0 Å². The summed E-state index contributed by atoms with van der Waals surface area (Å²) in [6, 6.07) is 11.6. The Labute approximate surface area is 301 Å². The van der Waals surface area contributed by atoms with Gasteiger partial charge in [0.2, 0.25) is 0 Å². The van der Waals surface area contributed by atoms with Crippen molar-refractivity contribution in [3.05, 3.63) is 64.2 Å². The van der Waals surface area contributed by atoms with Gasteiger partial charge in [0.05, 0.1) is 13.2 Å².